The van der Waals surface area contributed by atoms with Crippen molar-refractivity contribution < 1.29 is 4.79 Å². The lowest BCUT2D eigenvalue weighted by atomic mass is 9.87. The molecule has 19 heavy (non-hydrogen) atoms. The van der Waals surface area contributed by atoms with Gasteiger partial charge in [-0.25, -0.2) is 0 Å². The quantitative estimate of drug-likeness (QED) is 0.815. The van der Waals surface area contributed by atoms with Crippen LogP contribution in [0.1, 0.15) is 65.2 Å². The van der Waals surface area contributed by atoms with E-state index >= 15 is 0 Å². The van der Waals surface area contributed by atoms with Crippen molar-refractivity contribution in [3.63, 3.8) is 0 Å². The fourth-order valence-electron chi connectivity index (χ4n) is 3.02. The van der Waals surface area contributed by atoms with Gasteiger partial charge in [0.15, 0.2) is 0 Å². The van der Waals surface area contributed by atoms with Gasteiger partial charge in [0.1, 0.15) is 0 Å². The number of likely N-dealkylation sites (N-methyl/N-ethyl adjacent to an activating group) is 1. The minimum absolute atomic E-state index is 0. The SMILES string of the molecule is CCCC(C)(N)C(=O)N(C)CCC1CCCCC1.Cl. The van der Waals surface area contributed by atoms with Gasteiger partial charge >= 0.3 is 0 Å². The van der Waals surface area contributed by atoms with E-state index in [0.717, 1.165) is 31.7 Å². The molecule has 1 amide bonds. The number of halogens is 1. The van der Waals surface area contributed by atoms with E-state index in [1.54, 1.807) is 0 Å². The van der Waals surface area contributed by atoms with Gasteiger partial charge in [-0.15, -0.1) is 12.4 Å². The monoisotopic (exact) mass is 290 g/mol. The molecule has 1 aliphatic rings. The van der Waals surface area contributed by atoms with Gasteiger partial charge in [-0.3, -0.25) is 4.79 Å². The maximum absolute atomic E-state index is 12.2. The summed E-state index contributed by atoms with van der Waals surface area (Å²) < 4.78 is 0. The molecule has 0 aromatic heterocycles. The minimum Gasteiger partial charge on any atom is -0.344 e. The molecule has 0 bridgehead atoms. The van der Waals surface area contributed by atoms with Crippen molar-refractivity contribution in [2.45, 2.75) is 70.8 Å². The zero-order valence-corrected chi connectivity index (χ0v) is 13.6. The van der Waals surface area contributed by atoms with Gasteiger partial charge in [-0.2, -0.15) is 0 Å². The summed E-state index contributed by atoms with van der Waals surface area (Å²) in [5, 5.41) is 0. The van der Waals surface area contributed by atoms with Crippen LogP contribution in [-0.2, 0) is 4.79 Å². The van der Waals surface area contributed by atoms with Gasteiger partial charge in [-0.05, 0) is 25.7 Å². The van der Waals surface area contributed by atoms with Gasteiger partial charge in [0.05, 0.1) is 5.54 Å². The highest BCUT2D eigenvalue weighted by molar-refractivity contribution is 5.85. The summed E-state index contributed by atoms with van der Waals surface area (Å²) in [6.45, 7) is 4.79. The standard InChI is InChI=1S/C15H30N2O.ClH/c1-4-11-15(2,16)14(18)17(3)12-10-13-8-6-5-7-9-13;/h13H,4-12,16H2,1-3H3;1H. The van der Waals surface area contributed by atoms with E-state index in [2.05, 4.69) is 6.92 Å². The fourth-order valence-corrected chi connectivity index (χ4v) is 3.02. The Morgan fingerprint density at radius 2 is 1.89 bits per heavy atom. The van der Waals surface area contributed by atoms with Crippen LogP contribution in [0, 0.1) is 5.92 Å². The topological polar surface area (TPSA) is 46.3 Å². The van der Waals surface area contributed by atoms with E-state index in [1.165, 1.54) is 32.1 Å². The van der Waals surface area contributed by atoms with E-state index < -0.39 is 5.54 Å². The van der Waals surface area contributed by atoms with Crippen LogP contribution in [0.5, 0.6) is 0 Å². The third-order valence-corrected chi connectivity index (χ3v) is 4.20. The first-order valence-electron chi connectivity index (χ1n) is 7.52. The zero-order valence-electron chi connectivity index (χ0n) is 12.8. The summed E-state index contributed by atoms with van der Waals surface area (Å²) in [5.41, 5.74) is 5.40. The predicted molar refractivity (Wildman–Crippen MR) is 83.6 cm³/mol. The molecule has 1 saturated carbocycles. The Morgan fingerprint density at radius 3 is 2.42 bits per heavy atom. The first kappa shape index (κ1) is 18.7. The van der Waals surface area contributed by atoms with Gasteiger partial charge < -0.3 is 10.6 Å². The maximum Gasteiger partial charge on any atom is 0.242 e. The molecule has 114 valence electrons. The second-order valence-corrected chi connectivity index (χ2v) is 6.19. The lowest BCUT2D eigenvalue weighted by Crippen LogP contribution is -2.52. The molecule has 1 fully saturated rings. The largest absolute Gasteiger partial charge is 0.344 e. The highest BCUT2D eigenvalue weighted by Crippen LogP contribution is 2.26. The Labute approximate surface area is 124 Å². The minimum atomic E-state index is -0.684. The molecule has 0 aromatic rings. The van der Waals surface area contributed by atoms with Gasteiger partial charge in [0.25, 0.3) is 0 Å². The number of nitrogens with zero attached hydrogens (tertiary/aromatic N) is 1. The van der Waals surface area contributed by atoms with Crippen molar-refractivity contribution >= 4 is 18.3 Å². The third kappa shape index (κ3) is 6.13. The van der Waals surface area contributed by atoms with Crippen molar-refractivity contribution in [2.24, 2.45) is 11.7 Å². The third-order valence-electron chi connectivity index (χ3n) is 4.20. The van der Waals surface area contributed by atoms with Crippen molar-refractivity contribution in [1.82, 2.24) is 4.90 Å². The van der Waals surface area contributed by atoms with Crippen LogP contribution < -0.4 is 5.73 Å². The van der Waals surface area contributed by atoms with Crippen LogP contribution in [0.25, 0.3) is 0 Å². The average Bonchev–Trinajstić information content (AvgIpc) is 2.36. The summed E-state index contributed by atoms with van der Waals surface area (Å²) in [7, 11) is 1.89. The van der Waals surface area contributed by atoms with Gasteiger partial charge in [0.2, 0.25) is 5.91 Å². The second kappa shape index (κ2) is 8.80. The molecule has 1 unspecified atom stereocenters. The van der Waals surface area contributed by atoms with E-state index in [1.807, 2.05) is 18.9 Å². The molecule has 1 rings (SSSR count). The van der Waals surface area contributed by atoms with Crippen molar-refractivity contribution in [3.8, 4) is 0 Å². The lowest BCUT2D eigenvalue weighted by Gasteiger charge is -2.30. The Kier molecular flexibility index (Phi) is 8.67. The molecule has 0 radical (unpaired) electrons. The molecular weight excluding hydrogens is 260 g/mol. The molecule has 0 aliphatic heterocycles. The van der Waals surface area contributed by atoms with Crippen LogP contribution in [0.2, 0.25) is 0 Å². The molecule has 0 aromatic carbocycles. The van der Waals surface area contributed by atoms with Crippen molar-refractivity contribution in [1.29, 1.82) is 0 Å². The number of rotatable bonds is 6. The number of nitrogens with two attached hydrogens (primary N) is 1. The van der Waals surface area contributed by atoms with Gasteiger partial charge in [-0.1, -0.05) is 45.4 Å². The molecular formula is C15H31ClN2O. The van der Waals surface area contributed by atoms with Crippen LogP contribution in [0.3, 0.4) is 0 Å². The van der Waals surface area contributed by atoms with E-state index in [4.69, 9.17) is 5.73 Å². The Bertz CT molecular complexity index is 263. The van der Waals surface area contributed by atoms with E-state index in [9.17, 15) is 4.79 Å². The summed E-state index contributed by atoms with van der Waals surface area (Å²) in [6.07, 6.45) is 9.68. The first-order valence-corrected chi connectivity index (χ1v) is 7.52. The van der Waals surface area contributed by atoms with Gasteiger partial charge in [0, 0.05) is 13.6 Å². The molecule has 3 nitrogen and oxygen atoms in total. The molecule has 2 N–H and O–H groups in total. The number of carbonyl (C=O) groups excluding carboxylic acids is 1. The van der Waals surface area contributed by atoms with Crippen LogP contribution in [-0.4, -0.2) is 29.9 Å². The number of carbonyl (C=O) groups is 1. The first-order chi connectivity index (χ1) is 8.47. The zero-order chi connectivity index (χ0) is 13.6. The number of hydrogen-bond acceptors (Lipinski definition) is 2. The van der Waals surface area contributed by atoms with Crippen LogP contribution >= 0.6 is 12.4 Å². The smallest absolute Gasteiger partial charge is 0.242 e. The number of amides is 1. The van der Waals surface area contributed by atoms with Crippen LogP contribution in [0.15, 0.2) is 0 Å². The molecule has 1 aliphatic carbocycles. The van der Waals surface area contributed by atoms with Crippen molar-refractivity contribution in [3.05, 3.63) is 0 Å². The Hall–Kier alpha value is -0.280. The fraction of sp³-hybridized carbons (Fsp3) is 0.933. The highest BCUT2D eigenvalue weighted by atomic mass is 35.5. The second-order valence-electron chi connectivity index (χ2n) is 6.19. The maximum atomic E-state index is 12.2. The molecule has 0 heterocycles. The molecule has 1 atom stereocenters. The normalized spacial score (nSPS) is 19.4. The summed E-state index contributed by atoms with van der Waals surface area (Å²) in [5.74, 6) is 0.921. The van der Waals surface area contributed by atoms with Crippen LogP contribution in [0.4, 0.5) is 0 Å². The average molecular weight is 291 g/mol. The van der Waals surface area contributed by atoms with Crippen molar-refractivity contribution in [2.75, 3.05) is 13.6 Å². The number of hydrogen-bond donors (Lipinski definition) is 1. The summed E-state index contributed by atoms with van der Waals surface area (Å²) in [4.78, 5) is 14.1. The van der Waals surface area contributed by atoms with E-state index in [0.29, 0.717) is 0 Å². The Balaban J connectivity index is 0.00000324. The summed E-state index contributed by atoms with van der Waals surface area (Å²) >= 11 is 0. The molecule has 4 heteroatoms. The summed E-state index contributed by atoms with van der Waals surface area (Å²) in [6, 6.07) is 0. The predicted octanol–water partition coefficient (Wildman–Crippen LogP) is 3.35. The highest BCUT2D eigenvalue weighted by Gasteiger charge is 2.30. The molecule has 0 spiro atoms. The molecule has 0 saturated heterocycles. The van der Waals surface area contributed by atoms with E-state index in [-0.39, 0.29) is 18.3 Å². The lowest BCUT2D eigenvalue weighted by molar-refractivity contribution is -0.135. The Morgan fingerprint density at radius 1 is 1.32 bits per heavy atom.